The molecule has 0 N–H and O–H groups in total. The van der Waals surface area contributed by atoms with Gasteiger partial charge in [0.1, 0.15) is 0 Å². The van der Waals surface area contributed by atoms with Gasteiger partial charge in [-0.2, -0.15) is 0 Å². The molecule has 70 valence electrons. The van der Waals surface area contributed by atoms with E-state index in [1.165, 1.54) is 5.57 Å². The Bertz CT molecular complexity index is 185. The number of rotatable bonds is 3. The van der Waals surface area contributed by atoms with Gasteiger partial charge in [0, 0.05) is 0 Å². The highest BCUT2D eigenvalue weighted by Gasteiger charge is 2.02. The maximum absolute atomic E-state index is 4.43. The molecule has 0 amide bonds. The van der Waals surface area contributed by atoms with Gasteiger partial charge >= 0.3 is 0 Å². The average molecular weight is 184 g/mol. The molecule has 0 unspecified atom stereocenters. The molecule has 0 spiro atoms. The SMILES string of the molecule is C/C=C(\C=C(/S)C(C)C)C(C)C. The number of thiol groups is 1. The minimum atomic E-state index is 0.530. The molecule has 0 aliphatic heterocycles. The van der Waals surface area contributed by atoms with Gasteiger partial charge in [0.2, 0.25) is 0 Å². The zero-order chi connectivity index (χ0) is 9.72. The summed E-state index contributed by atoms with van der Waals surface area (Å²) in [6.45, 7) is 10.8. The highest BCUT2D eigenvalue weighted by Crippen LogP contribution is 2.19. The minimum Gasteiger partial charge on any atom is -0.148 e. The molecule has 0 aliphatic rings. The zero-order valence-corrected chi connectivity index (χ0v) is 9.65. The van der Waals surface area contributed by atoms with Gasteiger partial charge in [0.15, 0.2) is 0 Å². The molecule has 0 aromatic rings. The first kappa shape index (κ1) is 11.8. The minimum absolute atomic E-state index is 0.530. The van der Waals surface area contributed by atoms with Crippen LogP contribution in [0.4, 0.5) is 0 Å². The summed E-state index contributed by atoms with van der Waals surface area (Å²) in [7, 11) is 0. The highest BCUT2D eigenvalue weighted by molar-refractivity contribution is 7.84. The normalized spacial score (nSPS) is 14.7. The second-order valence-electron chi connectivity index (χ2n) is 3.67. The molecule has 0 fully saturated rings. The van der Waals surface area contributed by atoms with E-state index in [2.05, 4.69) is 59.4 Å². The summed E-state index contributed by atoms with van der Waals surface area (Å²) in [4.78, 5) is 1.16. The Labute approximate surface area is 82.2 Å². The predicted molar refractivity (Wildman–Crippen MR) is 60.5 cm³/mol. The Hall–Kier alpha value is -0.170. The first-order valence-corrected chi connectivity index (χ1v) is 5.00. The first-order chi connectivity index (χ1) is 5.49. The van der Waals surface area contributed by atoms with Crippen molar-refractivity contribution in [1.29, 1.82) is 0 Å². The van der Waals surface area contributed by atoms with Gasteiger partial charge < -0.3 is 0 Å². The largest absolute Gasteiger partial charge is 0.148 e. The lowest BCUT2D eigenvalue weighted by molar-refractivity contribution is 0.774. The number of hydrogen-bond donors (Lipinski definition) is 1. The fraction of sp³-hybridized carbons (Fsp3) is 0.636. The Morgan fingerprint density at radius 3 is 1.83 bits per heavy atom. The van der Waals surface area contributed by atoms with Gasteiger partial charge in [0.05, 0.1) is 0 Å². The van der Waals surface area contributed by atoms with E-state index in [1.54, 1.807) is 0 Å². The van der Waals surface area contributed by atoms with Crippen molar-refractivity contribution in [2.24, 2.45) is 11.8 Å². The molecule has 0 aliphatic carbocycles. The summed E-state index contributed by atoms with van der Waals surface area (Å²) in [6.07, 6.45) is 4.34. The zero-order valence-electron chi connectivity index (χ0n) is 8.76. The van der Waals surface area contributed by atoms with Crippen LogP contribution in [0.25, 0.3) is 0 Å². The van der Waals surface area contributed by atoms with Crippen LogP contribution >= 0.6 is 12.6 Å². The van der Waals surface area contributed by atoms with E-state index >= 15 is 0 Å². The third-order valence-electron chi connectivity index (χ3n) is 1.91. The van der Waals surface area contributed by atoms with E-state index in [0.29, 0.717) is 11.8 Å². The summed E-state index contributed by atoms with van der Waals surface area (Å²) in [5.41, 5.74) is 1.37. The maximum Gasteiger partial charge on any atom is -0.0156 e. The van der Waals surface area contributed by atoms with Crippen molar-refractivity contribution in [1.82, 2.24) is 0 Å². The van der Waals surface area contributed by atoms with Gasteiger partial charge in [-0.25, -0.2) is 0 Å². The van der Waals surface area contributed by atoms with Crippen LogP contribution in [0.3, 0.4) is 0 Å². The van der Waals surface area contributed by atoms with Crippen LogP contribution < -0.4 is 0 Å². The second-order valence-corrected chi connectivity index (χ2v) is 4.18. The molecule has 12 heavy (non-hydrogen) atoms. The van der Waals surface area contributed by atoms with Crippen LogP contribution in [0.1, 0.15) is 34.6 Å². The van der Waals surface area contributed by atoms with E-state index in [9.17, 15) is 0 Å². The molecular formula is C11H20S. The molecule has 1 heteroatoms. The summed E-state index contributed by atoms with van der Waals surface area (Å²) in [6, 6.07) is 0. The third-order valence-corrected chi connectivity index (χ3v) is 2.55. The smallest absolute Gasteiger partial charge is 0.0156 e. The summed E-state index contributed by atoms with van der Waals surface area (Å²) in [5, 5.41) is 0. The Morgan fingerprint density at radius 2 is 1.58 bits per heavy atom. The topological polar surface area (TPSA) is 0 Å². The van der Waals surface area contributed by atoms with Crippen molar-refractivity contribution in [3.8, 4) is 0 Å². The standard InChI is InChI=1S/C11H20S/c1-6-10(8(2)3)7-11(12)9(4)5/h6-9,12H,1-5H3/b10-6+,11-7-. The first-order valence-electron chi connectivity index (χ1n) is 4.55. The monoisotopic (exact) mass is 184 g/mol. The average Bonchev–Trinajstić information content (AvgIpc) is 1.98. The quantitative estimate of drug-likeness (QED) is 0.496. The van der Waals surface area contributed by atoms with E-state index in [4.69, 9.17) is 0 Å². The van der Waals surface area contributed by atoms with Crippen LogP contribution in [-0.4, -0.2) is 0 Å². The molecule has 0 saturated carbocycles. The van der Waals surface area contributed by atoms with Crippen LogP contribution in [0.15, 0.2) is 22.6 Å². The molecule has 0 rings (SSSR count). The molecular weight excluding hydrogens is 164 g/mol. The van der Waals surface area contributed by atoms with Gasteiger partial charge in [0.25, 0.3) is 0 Å². The summed E-state index contributed by atoms with van der Waals surface area (Å²) >= 11 is 4.43. The lowest BCUT2D eigenvalue weighted by Gasteiger charge is -2.09. The molecule has 0 nitrogen and oxygen atoms in total. The molecule has 0 atom stereocenters. The summed E-state index contributed by atoms with van der Waals surface area (Å²) < 4.78 is 0. The van der Waals surface area contributed by atoms with Crippen molar-refractivity contribution >= 4 is 12.6 Å². The fourth-order valence-corrected chi connectivity index (χ4v) is 1.07. The molecule has 0 heterocycles. The molecule has 0 aromatic carbocycles. The van der Waals surface area contributed by atoms with Crippen LogP contribution in [0.5, 0.6) is 0 Å². The van der Waals surface area contributed by atoms with Gasteiger partial charge in [-0.1, -0.05) is 33.8 Å². The van der Waals surface area contributed by atoms with Crippen molar-refractivity contribution in [2.45, 2.75) is 34.6 Å². The van der Waals surface area contributed by atoms with Crippen LogP contribution in [0.2, 0.25) is 0 Å². The number of hydrogen-bond acceptors (Lipinski definition) is 1. The third kappa shape index (κ3) is 4.01. The molecule has 0 aromatic heterocycles. The summed E-state index contributed by atoms with van der Waals surface area (Å²) in [5.74, 6) is 1.12. The lowest BCUT2D eigenvalue weighted by Crippen LogP contribution is -1.93. The van der Waals surface area contributed by atoms with Gasteiger partial charge in [-0.15, -0.1) is 12.6 Å². The van der Waals surface area contributed by atoms with E-state index in [1.807, 2.05) is 0 Å². The number of allylic oxidation sites excluding steroid dienone is 4. The maximum atomic E-state index is 4.43. The Kier molecular flexibility index (Phi) is 5.39. The van der Waals surface area contributed by atoms with Gasteiger partial charge in [-0.3, -0.25) is 0 Å². The van der Waals surface area contributed by atoms with E-state index < -0.39 is 0 Å². The molecule has 0 saturated heterocycles. The molecule has 0 bridgehead atoms. The lowest BCUT2D eigenvalue weighted by atomic mass is 10.0. The second kappa shape index (κ2) is 5.47. The van der Waals surface area contributed by atoms with Crippen molar-refractivity contribution < 1.29 is 0 Å². The fourth-order valence-electron chi connectivity index (χ4n) is 0.921. The van der Waals surface area contributed by atoms with Gasteiger partial charge in [-0.05, 0) is 35.3 Å². The Morgan fingerprint density at radius 1 is 1.08 bits per heavy atom. The Balaban J connectivity index is 4.49. The highest BCUT2D eigenvalue weighted by atomic mass is 32.1. The predicted octanol–water partition coefficient (Wildman–Crippen LogP) is 4.06. The van der Waals surface area contributed by atoms with Crippen LogP contribution in [-0.2, 0) is 0 Å². The van der Waals surface area contributed by atoms with E-state index in [0.717, 1.165) is 4.91 Å². The van der Waals surface area contributed by atoms with Crippen molar-refractivity contribution in [3.05, 3.63) is 22.6 Å². The van der Waals surface area contributed by atoms with Crippen LogP contribution in [0, 0.1) is 11.8 Å². The van der Waals surface area contributed by atoms with Crippen molar-refractivity contribution in [3.63, 3.8) is 0 Å². The molecule has 0 radical (unpaired) electrons. The van der Waals surface area contributed by atoms with E-state index in [-0.39, 0.29) is 0 Å². The van der Waals surface area contributed by atoms with Crippen molar-refractivity contribution in [2.75, 3.05) is 0 Å².